The predicted octanol–water partition coefficient (Wildman–Crippen LogP) is 3.12. The fraction of sp³-hybridized carbons (Fsp3) is 0.500. The second-order valence-corrected chi connectivity index (χ2v) is 10.6. The molecule has 2 aliphatic rings. The number of ether oxygens (including phenoxy) is 2. The van der Waals surface area contributed by atoms with Crippen LogP contribution in [-0.2, 0) is 22.6 Å². The van der Waals surface area contributed by atoms with Crippen LogP contribution in [-0.4, -0.2) is 90.8 Å². The highest BCUT2D eigenvalue weighted by Crippen LogP contribution is 2.30. The predicted molar refractivity (Wildman–Crippen MR) is 151 cm³/mol. The van der Waals surface area contributed by atoms with Gasteiger partial charge in [-0.3, -0.25) is 9.59 Å². The smallest absolute Gasteiger partial charge is 0.334 e. The number of hydrogen-bond acceptors (Lipinski definition) is 6. The molecule has 4 amide bonds. The molecular weight excluding hydrogens is 510 g/mol. The number of piperazine rings is 1. The summed E-state index contributed by atoms with van der Waals surface area (Å²) in [6.45, 7) is 5.27. The molecule has 0 spiro atoms. The van der Waals surface area contributed by atoms with Gasteiger partial charge < -0.3 is 24.6 Å². The molecule has 0 saturated carbocycles. The summed E-state index contributed by atoms with van der Waals surface area (Å²) in [5.74, 6) is 1.58. The molecule has 0 aliphatic carbocycles. The number of rotatable bonds is 10. The van der Waals surface area contributed by atoms with Gasteiger partial charge in [0.25, 0.3) is 0 Å². The molecule has 0 radical (unpaired) electrons. The van der Waals surface area contributed by atoms with E-state index in [4.69, 9.17) is 9.47 Å². The highest BCUT2D eigenvalue weighted by molar-refractivity contribution is 5.91. The van der Waals surface area contributed by atoms with Crippen molar-refractivity contribution < 1.29 is 23.9 Å². The van der Waals surface area contributed by atoms with Crippen LogP contribution in [0.25, 0.3) is 0 Å². The summed E-state index contributed by atoms with van der Waals surface area (Å²) >= 11 is 0. The van der Waals surface area contributed by atoms with E-state index in [-0.39, 0.29) is 36.9 Å². The number of hydrogen-bond donors (Lipinski definition) is 1. The Morgan fingerprint density at radius 3 is 2.17 bits per heavy atom. The van der Waals surface area contributed by atoms with Gasteiger partial charge in [0.15, 0.2) is 0 Å². The Balaban J connectivity index is 1.55. The van der Waals surface area contributed by atoms with Crippen molar-refractivity contribution in [2.75, 3.05) is 40.9 Å². The van der Waals surface area contributed by atoms with Crippen molar-refractivity contribution in [3.05, 3.63) is 59.7 Å². The van der Waals surface area contributed by atoms with E-state index in [1.54, 1.807) is 36.2 Å². The molecule has 0 bridgehead atoms. The Kier molecular flexibility index (Phi) is 9.52. The van der Waals surface area contributed by atoms with Crippen molar-refractivity contribution >= 4 is 17.8 Å². The zero-order valence-corrected chi connectivity index (χ0v) is 24.1. The van der Waals surface area contributed by atoms with Gasteiger partial charge in [0.05, 0.1) is 27.3 Å². The molecule has 2 fully saturated rings. The van der Waals surface area contributed by atoms with E-state index in [0.29, 0.717) is 25.9 Å². The van der Waals surface area contributed by atoms with Crippen molar-refractivity contribution in [3.8, 4) is 11.5 Å². The third kappa shape index (κ3) is 6.50. The molecule has 2 aliphatic heterocycles. The first-order valence-corrected chi connectivity index (χ1v) is 13.9. The summed E-state index contributed by atoms with van der Waals surface area (Å²) < 4.78 is 10.5. The molecule has 4 rings (SSSR count). The van der Waals surface area contributed by atoms with Crippen LogP contribution in [0.3, 0.4) is 0 Å². The number of benzene rings is 2. The number of hydrazine groups is 1. The van der Waals surface area contributed by atoms with E-state index in [9.17, 15) is 14.4 Å². The average molecular weight is 552 g/mol. The zero-order chi connectivity index (χ0) is 28.8. The molecular formula is C30H41N5O5. The van der Waals surface area contributed by atoms with Crippen LogP contribution in [0.1, 0.15) is 37.8 Å². The van der Waals surface area contributed by atoms with E-state index in [2.05, 4.69) is 19.2 Å². The summed E-state index contributed by atoms with van der Waals surface area (Å²) in [6.07, 6.45) is 1.52. The number of carbonyl (C=O) groups excluding carboxylic acids is 3. The minimum absolute atomic E-state index is 0.0303. The van der Waals surface area contributed by atoms with Gasteiger partial charge in [0.2, 0.25) is 11.8 Å². The Bertz CT molecular complexity index is 1170. The molecule has 2 heterocycles. The van der Waals surface area contributed by atoms with Crippen LogP contribution in [0.4, 0.5) is 4.79 Å². The SMILES string of the molecule is CCC(C)C[C@H]1C(=O)N(CCc2ccc(OC)cc2)C[C@H]2N1C(=O)CN(C)N2C(=O)NCc1ccc(OC)cc1. The highest BCUT2D eigenvalue weighted by atomic mass is 16.5. The topological polar surface area (TPSA) is 94.7 Å². The molecule has 40 heavy (non-hydrogen) atoms. The van der Waals surface area contributed by atoms with Gasteiger partial charge in [-0.15, -0.1) is 0 Å². The van der Waals surface area contributed by atoms with Crippen LogP contribution < -0.4 is 14.8 Å². The van der Waals surface area contributed by atoms with Crippen molar-refractivity contribution in [2.24, 2.45) is 5.92 Å². The maximum absolute atomic E-state index is 13.8. The maximum Gasteiger partial charge on any atom is 0.334 e. The van der Waals surface area contributed by atoms with Crippen LogP contribution >= 0.6 is 0 Å². The van der Waals surface area contributed by atoms with Crippen molar-refractivity contribution in [2.45, 2.75) is 51.9 Å². The molecule has 0 aromatic heterocycles. The fourth-order valence-corrected chi connectivity index (χ4v) is 5.34. The number of amides is 4. The monoisotopic (exact) mass is 551 g/mol. The molecule has 1 N–H and O–H groups in total. The zero-order valence-electron chi connectivity index (χ0n) is 24.1. The molecule has 3 atom stereocenters. The average Bonchev–Trinajstić information content (AvgIpc) is 2.96. The van der Waals surface area contributed by atoms with Crippen LogP contribution in [0.5, 0.6) is 11.5 Å². The number of carbonyl (C=O) groups is 3. The van der Waals surface area contributed by atoms with Gasteiger partial charge in [0, 0.05) is 20.1 Å². The van der Waals surface area contributed by atoms with Crippen LogP contribution in [0.2, 0.25) is 0 Å². The lowest BCUT2D eigenvalue weighted by Crippen LogP contribution is -2.76. The Labute approximate surface area is 236 Å². The first kappa shape index (κ1) is 29.2. The lowest BCUT2D eigenvalue weighted by atomic mass is 9.94. The second kappa shape index (κ2) is 13.0. The van der Waals surface area contributed by atoms with Gasteiger partial charge in [-0.05, 0) is 54.2 Å². The minimum Gasteiger partial charge on any atom is -0.497 e. The van der Waals surface area contributed by atoms with Gasteiger partial charge >= 0.3 is 6.03 Å². The number of urea groups is 1. The largest absolute Gasteiger partial charge is 0.497 e. The third-order valence-electron chi connectivity index (χ3n) is 7.90. The number of likely N-dealkylation sites (N-methyl/N-ethyl adjacent to an activating group) is 1. The fourth-order valence-electron chi connectivity index (χ4n) is 5.34. The van der Waals surface area contributed by atoms with Gasteiger partial charge in [-0.25, -0.2) is 14.8 Å². The molecule has 216 valence electrons. The van der Waals surface area contributed by atoms with E-state index in [1.807, 2.05) is 53.4 Å². The van der Waals surface area contributed by atoms with Gasteiger partial charge in [-0.2, -0.15) is 0 Å². The van der Waals surface area contributed by atoms with E-state index < -0.39 is 12.2 Å². The Morgan fingerprint density at radius 1 is 1.00 bits per heavy atom. The third-order valence-corrected chi connectivity index (χ3v) is 7.90. The number of nitrogens with zero attached hydrogens (tertiary/aromatic N) is 4. The summed E-state index contributed by atoms with van der Waals surface area (Å²) in [4.78, 5) is 44.2. The lowest BCUT2D eigenvalue weighted by Gasteiger charge is -2.54. The van der Waals surface area contributed by atoms with E-state index >= 15 is 0 Å². The van der Waals surface area contributed by atoms with Crippen molar-refractivity contribution in [1.29, 1.82) is 0 Å². The highest BCUT2D eigenvalue weighted by Gasteiger charge is 2.50. The summed E-state index contributed by atoms with van der Waals surface area (Å²) in [5.41, 5.74) is 2.01. The van der Waals surface area contributed by atoms with Crippen molar-refractivity contribution in [1.82, 2.24) is 25.1 Å². The first-order valence-electron chi connectivity index (χ1n) is 13.9. The molecule has 1 unspecified atom stereocenters. The molecule has 10 heteroatoms. The van der Waals surface area contributed by atoms with E-state index in [1.165, 1.54) is 0 Å². The minimum atomic E-state index is -0.609. The molecule has 2 saturated heterocycles. The maximum atomic E-state index is 13.8. The Hall–Kier alpha value is -3.79. The van der Waals surface area contributed by atoms with Gasteiger partial charge in [-0.1, -0.05) is 44.5 Å². The summed E-state index contributed by atoms with van der Waals surface area (Å²) in [6, 6.07) is 14.4. The standard InChI is InChI=1S/C30H41N5O5/c1-6-21(2)17-26-29(37)33(16-15-22-7-11-24(39-4)12-8-22)19-27-34(26)28(36)20-32(3)35(27)30(38)31-18-23-9-13-25(40-5)14-10-23/h7-14,21,26-27H,6,15-20H2,1-5H3,(H,31,38)/t21?,26-,27-/m0/s1. The van der Waals surface area contributed by atoms with Crippen molar-refractivity contribution in [3.63, 3.8) is 0 Å². The van der Waals surface area contributed by atoms with E-state index in [0.717, 1.165) is 29.0 Å². The van der Waals surface area contributed by atoms with Crippen LogP contribution in [0.15, 0.2) is 48.5 Å². The summed E-state index contributed by atoms with van der Waals surface area (Å²) in [5, 5.41) is 6.25. The normalized spacial score (nSPS) is 20.3. The van der Waals surface area contributed by atoms with Gasteiger partial charge in [0.1, 0.15) is 23.7 Å². The second-order valence-electron chi connectivity index (χ2n) is 10.6. The molecule has 10 nitrogen and oxygen atoms in total. The number of methoxy groups -OCH3 is 2. The van der Waals surface area contributed by atoms with Crippen LogP contribution in [0, 0.1) is 5.92 Å². The Morgan fingerprint density at radius 2 is 1.60 bits per heavy atom. The lowest BCUT2D eigenvalue weighted by molar-refractivity contribution is -0.188. The number of fused-ring (bicyclic) bond motifs is 1. The quantitative estimate of drug-likeness (QED) is 0.488. The number of nitrogens with one attached hydrogen (secondary N) is 1. The first-order chi connectivity index (χ1) is 19.2. The molecule has 2 aromatic carbocycles. The summed E-state index contributed by atoms with van der Waals surface area (Å²) in [7, 11) is 4.98. The molecule has 2 aromatic rings.